The van der Waals surface area contributed by atoms with Crippen LogP contribution in [0.25, 0.3) is 0 Å². The van der Waals surface area contributed by atoms with Gasteiger partial charge in [0.1, 0.15) is 0 Å². The molecule has 1 aliphatic heterocycles. The van der Waals surface area contributed by atoms with Gasteiger partial charge < -0.3 is 5.32 Å². The lowest BCUT2D eigenvalue weighted by molar-refractivity contribution is -0.119. The highest BCUT2D eigenvalue weighted by molar-refractivity contribution is 7.92. The first kappa shape index (κ1) is 9.67. The van der Waals surface area contributed by atoms with Crippen LogP contribution in [-0.2, 0) is 14.5 Å². The fourth-order valence-corrected chi connectivity index (χ4v) is 1.74. The van der Waals surface area contributed by atoms with E-state index in [1.807, 2.05) is 0 Å². The van der Waals surface area contributed by atoms with Crippen molar-refractivity contribution in [2.45, 2.75) is 18.9 Å². The summed E-state index contributed by atoms with van der Waals surface area (Å²) >= 11 is 0. The molecule has 1 fully saturated rings. The average molecular weight is 190 g/mol. The quantitative estimate of drug-likeness (QED) is 0.633. The molecule has 1 aliphatic rings. The molecule has 1 rings (SSSR count). The minimum Gasteiger partial charge on any atom is -0.306 e. The van der Waals surface area contributed by atoms with Gasteiger partial charge in [0.25, 0.3) is 5.91 Å². The van der Waals surface area contributed by atoms with Crippen LogP contribution in [0, 0.1) is 0 Å². The van der Waals surface area contributed by atoms with Crippen molar-refractivity contribution < 1.29 is 9.00 Å². The van der Waals surface area contributed by atoms with Crippen molar-refractivity contribution in [2.24, 2.45) is 4.36 Å². The van der Waals surface area contributed by atoms with Crippen LogP contribution in [0.1, 0.15) is 12.8 Å². The molecule has 0 radical (unpaired) electrons. The summed E-state index contributed by atoms with van der Waals surface area (Å²) in [5, 5.41) is 3.01. The number of carbonyl (C=O) groups excluding carboxylic acids is 1. The third-order valence-corrected chi connectivity index (χ3v) is 2.29. The lowest BCUT2D eigenvalue weighted by atomic mass is 10.2. The Morgan fingerprint density at radius 1 is 1.58 bits per heavy atom. The van der Waals surface area contributed by atoms with Gasteiger partial charge in [0.05, 0.1) is 6.04 Å². The molecule has 0 spiro atoms. The van der Waals surface area contributed by atoms with E-state index in [9.17, 15) is 9.00 Å². The van der Waals surface area contributed by atoms with E-state index in [-0.39, 0.29) is 11.9 Å². The molecular formula is C7H14N2O2S. The smallest absolute Gasteiger partial charge is 0.270 e. The fraction of sp³-hybridized carbons (Fsp3) is 0.857. The standard InChI is InChI=1S/C7H14N2O2S/c1-12(2,11)9-7(10)6-4-3-5-8-6/h6,8H,3-5H2,1-2H3. The van der Waals surface area contributed by atoms with Gasteiger partial charge in [-0.2, -0.15) is 4.36 Å². The number of carbonyl (C=O) groups is 1. The molecule has 0 aliphatic carbocycles. The van der Waals surface area contributed by atoms with Crippen LogP contribution in [0.5, 0.6) is 0 Å². The minimum atomic E-state index is -2.28. The van der Waals surface area contributed by atoms with E-state index in [0.29, 0.717) is 0 Å². The summed E-state index contributed by atoms with van der Waals surface area (Å²) < 4.78 is 14.8. The van der Waals surface area contributed by atoms with E-state index in [2.05, 4.69) is 9.68 Å². The van der Waals surface area contributed by atoms with Crippen LogP contribution in [0.2, 0.25) is 0 Å². The van der Waals surface area contributed by atoms with Gasteiger partial charge in [0.15, 0.2) is 0 Å². The zero-order valence-electron chi connectivity index (χ0n) is 7.37. The Hall–Kier alpha value is -0.420. The van der Waals surface area contributed by atoms with Gasteiger partial charge in [-0.3, -0.25) is 4.79 Å². The summed E-state index contributed by atoms with van der Waals surface area (Å²) in [4.78, 5) is 11.3. The Balaban J connectivity index is 2.66. The summed E-state index contributed by atoms with van der Waals surface area (Å²) in [6.07, 6.45) is 4.76. The zero-order chi connectivity index (χ0) is 9.19. The van der Waals surface area contributed by atoms with E-state index < -0.39 is 9.73 Å². The van der Waals surface area contributed by atoms with Gasteiger partial charge in [0.2, 0.25) is 0 Å². The van der Waals surface area contributed by atoms with E-state index in [0.717, 1.165) is 19.4 Å². The molecule has 1 atom stereocenters. The van der Waals surface area contributed by atoms with Crippen LogP contribution >= 0.6 is 0 Å². The minimum absolute atomic E-state index is 0.189. The maximum atomic E-state index is 11.3. The number of nitrogens with zero attached hydrogens (tertiary/aromatic N) is 1. The van der Waals surface area contributed by atoms with Crippen molar-refractivity contribution in [3.63, 3.8) is 0 Å². The highest BCUT2D eigenvalue weighted by Gasteiger charge is 2.21. The second-order valence-corrected chi connectivity index (χ2v) is 5.80. The lowest BCUT2D eigenvalue weighted by Crippen LogP contribution is -2.29. The van der Waals surface area contributed by atoms with Gasteiger partial charge in [-0.15, -0.1) is 0 Å². The molecule has 0 aromatic carbocycles. The summed E-state index contributed by atoms with van der Waals surface area (Å²) in [5.41, 5.74) is 0. The Labute approximate surface area is 72.9 Å². The molecule has 1 N–H and O–H groups in total. The van der Waals surface area contributed by atoms with E-state index in [4.69, 9.17) is 0 Å². The zero-order valence-corrected chi connectivity index (χ0v) is 8.19. The highest BCUT2D eigenvalue weighted by atomic mass is 32.2. The fourth-order valence-electron chi connectivity index (χ4n) is 1.18. The van der Waals surface area contributed by atoms with Crippen LogP contribution in [0.4, 0.5) is 0 Å². The van der Waals surface area contributed by atoms with Crippen LogP contribution in [0.15, 0.2) is 4.36 Å². The Morgan fingerprint density at radius 2 is 2.25 bits per heavy atom. The highest BCUT2D eigenvalue weighted by Crippen LogP contribution is 2.06. The molecule has 1 saturated heterocycles. The number of nitrogens with one attached hydrogen (secondary N) is 1. The maximum absolute atomic E-state index is 11.3. The third kappa shape index (κ3) is 2.91. The van der Waals surface area contributed by atoms with Crippen LogP contribution in [-0.4, -0.2) is 35.2 Å². The van der Waals surface area contributed by atoms with Gasteiger partial charge in [-0.05, 0) is 19.4 Å². The van der Waals surface area contributed by atoms with Gasteiger partial charge in [-0.25, -0.2) is 4.21 Å². The second-order valence-electron chi connectivity index (χ2n) is 3.26. The number of hydrogen-bond donors (Lipinski definition) is 1. The monoisotopic (exact) mass is 190 g/mol. The Kier molecular flexibility index (Phi) is 2.85. The van der Waals surface area contributed by atoms with Crippen LogP contribution < -0.4 is 5.32 Å². The summed E-state index contributed by atoms with van der Waals surface area (Å²) in [6.45, 7) is 0.862. The van der Waals surface area contributed by atoms with E-state index >= 15 is 0 Å². The molecule has 0 aromatic rings. The van der Waals surface area contributed by atoms with Crippen molar-refractivity contribution in [3.8, 4) is 0 Å². The van der Waals surface area contributed by atoms with Crippen molar-refractivity contribution >= 4 is 15.6 Å². The molecule has 1 amide bonds. The molecule has 5 heteroatoms. The van der Waals surface area contributed by atoms with Gasteiger partial charge in [-0.1, -0.05) is 0 Å². The lowest BCUT2D eigenvalue weighted by Gasteiger charge is -2.03. The predicted molar refractivity (Wildman–Crippen MR) is 48.5 cm³/mol. The SMILES string of the molecule is CS(C)(=O)=NC(=O)C1CCCN1. The normalized spacial score (nSPS) is 24.0. The third-order valence-electron chi connectivity index (χ3n) is 1.67. The molecule has 4 nitrogen and oxygen atoms in total. The summed E-state index contributed by atoms with van der Waals surface area (Å²) in [5.74, 6) is -0.262. The summed E-state index contributed by atoms with van der Waals surface area (Å²) in [6, 6.07) is -0.189. The molecule has 0 bridgehead atoms. The van der Waals surface area contributed by atoms with Gasteiger partial charge >= 0.3 is 0 Å². The maximum Gasteiger partial charge on any atom is 0.270 e. The molecule has 0 saturated carbocycles. The van der Waals surface area contributed by atoms with Crippen molar-refractivity contribution in [2.75, 3.05) is 19.1 Å². The summed E-state index contributed by atoms with van der Waals surface area (Å²) in [7, 11) is -2.28. The molecule has 1 heterocycles. The predicted octanol–water partition coefficient (Wildman–Crippen LogP) is -0.00740. The van der Waals surface area contributed by atoms with Crippen LogP contribution in [0.3, 0.4) is 0 Å². The Morgan fingerprint density at radius 3 is 2.67 bits per heavy atom. The molecular weight excluding hydrogens is 176 g/mol. The molecule has 0 aromatic heterocycles. The molecule has 12 heavy (non-hydrogen) atoms. The topological polar surface area (TPSA) is 58.5 Å². The molecule has 70 valence electrons. The van der Waals surface area contributed by atoms with Crippen molar-refractivity contribution in [3.05, 3.63) is 0 Å². The number of amides is 1. The van der Waals surface area contributed by atoms with Crippen molar-refractivity contribution in [1.82, 2.24) is 5.32 Å². The average Bonchev–Trinajstić information content (AvgIpc) is 2.32. The van der Waals surface area contributed by atoms with Crippen molar-refractivity contribution in [1.29, 1.82) is 0 Å². The number of hydrogen-bond acceptors (Lipinski definition) is 3. The van der Waals surface area contributed by atoms with E-state index in [1.54, 1.807) is 0 Å². The first-order chi connectivity index (χ1) is 5.49. The second kappa shape index (κ2) is 3.53. The first-order valence-corrected chi connectivity index (χ1v) is 6.26. The largest absolute Gasteiger partial charge is 0.306 e. The molecule has 1 unspecified atom stereocenters. The number of rotatable bonds is 1. The van der Waals surface area contributed by atoms with E-state index in [1.165, 1.54) is 12.5 Å². The first-order valence-electron chi connectivity index (χ1n) is 3.93. The Bertz CT molecular complexity index is 278. The van der Waals surface area contributed by atoms with Gasteiger partial charge in [0, 0.05) is 22.2 Å².